The van der Waals surface area contributed by atoms with Crippen molar-refractivity contribution < 1.29 is 0 Å². The van der Waals surface area contributed by atoms with Crippen molar-refractivity contribution in [3.05, 3.63) is 29.0 Å². The topological polar surface area (TPSA) is 24.9 Å². The van der Waals surface area contributed by atoms with E-state index >= 15 is 0 Å². The predicted molar refractivity (Wildman–Crippen MR) is 74.6 cm³/mol. The standard InChI is InChI=1S/C14H23ClN2/c1-3-4-5-6-7-13(16-2)10-12-8-9-17-11-14(12)15/h8-9,11,13,16H,3-7,10H2,1-2H3. The molecular formula is C14H23ClN2. The summed E-state index contributed by atoms with van der Waals surface area (Å²) < 4.78 is 0. The maximum atomic E-state index is 6.12. The average molecular weight is 255 g/mol. The van der Waals surface area contributed by atoms with Crippen LogP contribution in [-0.4, -0.2) is 18.1 Å². The van der Waals surface area contributed by atoms with Gasteiger partial charge in [-0.1, -0.05) is 44.2 Å². The number of nitrogens with one attached hydrogen (secondary N) is 1. The molecule has 1 aromatic heterocycles. The van der Waals surface area contributed by atoms with Gasteiger partial charge in [0.2, 0.25) is 0 Å². The molecule has 0 radical (unpaired) electrons. The summed E-state index contributed by atoms with van der Waals surface area (Å²) in [6.07, 6.45) is 11.0. The number of hydrogen-bond donors (Lipinski definition) is 1. The van der Waals surface area contributed by atoms with E-state index in [2.05, 4.69) is 17.2 Å². The molecule has 0 saturated carbocycles. The first kappa shape index (κ1) is 14.5. The number of aromatic nitrogens is 1. The summed E-state index contributed by atoms with van der Waals surface area (Å²) in [5, 5.41) is 4.15. The lowest BCUT2D eigenvalue weighted by atomic mass is 10.0. The summed E-state index contributed by atoms with van der Waals surface area (Å²) in [6, 6.07) is 2.53. The zero-order valence-corrected chi connectivity index (χ0v) is 11.6. The van der Waals surface area contributed by atoms with Crippen LogP contribution in [0.15, 0.2) is 18.5 Å². The summed E-state index contributed by atoms with van der Waals surface area (Å²) in [6.45, 7) is 2.24. The molecule has 1 atom stereocenters. The summed E-state index contributed by atoms with van der Waals surface area (Å²) in [4.78, 5) is 4.01. The highest BCUT2D eigenvalue weighted by Crippen LogP contribution is 2.17. The van der Waals surface area contributed by atoms with Crippen LogP contribution in [0.1, 0.15) is 44.6 Å². The Morgan fingerprint density at radius 1 is 1.35 bits per heavy atom. The van der Waals surface area contributed by atoms with Gasteiger partial charge in [0.25, 0.3) is 0 Å². The quantitative estimate of drug-likeness (QED) is 0.713. The Morgan fingerprint density at radius 2 is 2.18 bits per heavy atom. The maximum absolute atomic E-state index is 6.12. The molecule has 1 heterocycles. The second-order valence-corrected chi connectivity index (χ2v) is 4.91. The smallest absolute Gasteiger partial charge is 0.0621 e. The minimum absolute atomic E-state index is 0.520. The lowest BCUT2D eigenvalue weighted by molar-refractivity contribution is 0.485. The minimum atomic E-state index is 0.520. The second-order valence-electron chi connectivity index (χ2n) is 4.51. The highest BCUT2D eigenvalue weighted by Gasteiger charge is 2.09. The van der Waals surface area contributed by atoms with Gasteiger partial charge in [-0.05, 0) is 31.5 Å². The first-order valence-corrected chi connectivity index (χ1v) is 6.91. The fourth-order valence-corrected chi connectivity index (χ4v) is 2.20. The van der Waals surface area contributed by atoms with Crippen molar-refractivity contribution in [3.8, 4) is 0 Å². The van der Waals surface area contributed by atoms with E-state index in [0.29, 0.717) is 6.04 Å². The van der Waals surface area contributed by atoms with Gasteiger partial charge in [-0.15, -0.1) is 0 Å². The summed E-state index contributed by atoms with van der Waals surface area (Å²) in [5.74, 6) is 0. The first-order chi connectivity index (χ1) is 8.27. The van der Waals surface area contributed by atoms with E-state index in [4.69, 9.17) is 11.6 Å². The van der Waals surface area contributed by atoms with E-state index in [0.717, 1.165) is 11.4 Å². The van der Waals surface area contributed by atoms with Crippen molar-refractivity contribution in [2.45, 2.75) is 51.5 Å². The Hall–Kier alpha value is -0.600. The van der Waals surface area contributed by atoms with E-state index in [1.54, 1.807) is 6.20 Å². The van der Waals surface area contributed by atoms with Crippen LogP contribution < -0.4 is 5.32 Å². The molecule has 2 nitrogen and oxygen atoms in total. The van der Waals surface area contributed by atoms with Crippen LogP contribution in [0.5, 0.6) is 0 Å². The SMILES string of the molecule is CCCCCCC(Cc1ccncc1Cl)NC. The lowest BCUT2D eigenvalue weighted by Gasteiger charge is -2.16. The zero-order chi connectivity index (χ0) is 12.5. The van der Waals surface area contributed by atoms with Gasteiger partial charge >= 0.3 is 0 Å². The van der Waals surface area contributed by atoms with Gasteiger partial charge in [-0.2, -0.15) is 0 Å². The van der Waals surface area contributed by atoms with Gasteiger partial charge in [0, 0.05) is 18.4 Å². The van der Waals surface area contributed by atoms with Crippen molar-refractivity contribution in [1.29, 1.82) is 0 Å². The van der Waals surface area contributed by atoms with Crippen molar-refractivity contribution in [3.63, 3.8) is 0 Å². The third-order valence-corrected chi connectivity index (χ3v) is 3.48. The number of hydrogen-bond acceptors (Lipinski definition) is 2. The van der Waals surface area contributed by atoms with Gasteiger partial charge in [0.1, 0.15) is 0 Å². The maximum Gasteiger partial charge on any atom is 0.0621 e. The Kier molecular flexibility index (Phi) is 7.22. The van der Waals surface area contributed by atoms with Gasteiger partial charge in [0.05, 0.1) is 5.02 Å². The molecule has 1 unspecified atom stereocenters. The summed E-state index contributed by atoms with van der Waals surface area (Å²) >= 11 is 6.12. The van der Waals surface area contributed by atoms with E-state index in [1.807, 2.05) is 19.3 Å². The molecule has 1 rings (SSSR count). The van der Waals surface area contributed by atoms with Gasteiger partial charge < -0.3 is 5.32 Å². The van der Waals surface area contributed by atoms with Crippen molar-refractivity contribution in [1.82, 2.24) is 10.3 Å². The molecule has 0 aliphatic rings. The molecule has 0 aliphatic heterocycles. The van der Waals surface area contributed by atoms with Crippen LogP contribution in [0.4, 0.5) is 0 Å². The van der Waals surface area contributed by atoms with Crippen LogP contribution >= 0.6 is 11.6 Å². The van der Waals surface area contributed by atoms with Crippen LogP contribution in [0, 0.1) is 0 Å². The Labute approximate surface area is 110 Å². The minimum Gasteiger partial charge on any atom is -0.317 e. The van der Waals surface area contributed by atoms with Gasteiger partial charge in [-0.3, -0.25) is 4.98 Å². The largest absolute Gasteiger partial charge is 0.317 e. The summed E-state index contributed by atoms with van der Waals surface area (Å²) in [7, 11) is 2.03. The van der Waals surface area contributed by atoms with Crippen molar-refractivity contribution in [2.24, 2.45) is 0 Å². The Bertz CT molecular complexity index is 315. The van der Waals surface area contributed by atoms with Gasteiger partial charge in [-0.25, -0.2) is 0 Å². The first-order valence-electron chi connectivity index (χ1n) is 6.53. The Morgan fingerprint density at radius 3 is 2.82 bits per heavy atom. The zero-order valence-electron chi connectivity index (χ0n) is 10.9. The molecule has 0 aromatic carbocycles. The average Bonchev–Trinajstić information content (AvgIpc) is 2.35. The molecule has 0 aliphatic carbocycles. The number of likely N-dealkylation sites (N-methyl/N-ethyl adjacent to an activating group) is 1. The van der Waals surface area contributed by atoms with Crippen LogP contribution in [-0.2, 0) is 6.42 Å². The van der Waals surface area contributed by atoms with E-state index in [-0.39, 0.29) is 0 Å². The van der Waals surface area contributed by atoms with E-state index in [9.17, 15) is 0 Å². The molecule has 1 aromatic rings. The molecule has 0 spiro atoms. The van der Waals surface area contributed by atoms with Crippen molar-refractivity contribution >= 4 is 11.6 Å². The third kappa shape index (κ3) is 5.51. The number of unbranched alkanes of at least 4 members (excludes halogenated alkanes) is 3. The molecular weight excluding hydrogens is 232 g/mol. The number of pyridine rings is 1. The number of rotatable bonds is 8. The highest BCUT2D eigenvalue weighted by molar-refractivity contribution is 6.31. The van der Waals surface area contributed by atoms with Crippen molar-refractivity contribution in [2.75, 3.05) is 7.05 Å². The van der Waals surface area contributed by atoms with Gasteiger partial charge in [0.15, 0.2) is 0 Å². The highest BCUT2D eigenvalue weighted by atomic mass is 35.5. The molecule has 0 amide bonds. The fraction of sp³-hybridized carbons (Fsp3) is 0.643. The number of nitrogens with zero attached hydrogens (tertiary/aromatic N) is 1. The number of halogens is 1. The molecule has 3 heteroatoms. The normalized spacial score (nSPS) is 12.6. The molecule has 1 N–H and O–H groups in total. The van der Waals surface area contributed by atoms with Crippen LogP contribution in [0.25, 0.3) is 0 Å². The molecule has 0 fully saturated rings. The van der Waals surface area contributed by atoms with E-state index < -0.39 is 0 Å². The molecule has 17 heavy (non-hydrogen) atoms. The second kappa shape index (κ2) is 8.48. The third-order valence-electron chi connectivity index (χ3n) is 3.14. The lowest BCUT2D eigenvalue weighted by Crippen LogP contribution is -2.27. The Balaban J connectivity index is 2.38. The summed E-state index contributed by atoms with van der Waals surface area (Å²) in [5.41, 5.74) is 1.19. The molecule has 96 valence electrons. The fourth-order valence-electron chi connectivity index (χ4n) is 2.00. The van der Waals surface area contributed by atoms with E-state index in [1.165, 1.54) is 37.7 Å². The predicted octanol–water partition coefficient (Wildman–Crippen LogP) is 3.84. The molecule has 0 bridgehead atoms. The monoisotopic (exact) mass is 254 g/mol. The molecule has 0 saturated heterocycles. The van der Waals surface area contributed by atoms with Crippen LogP contribution in [0.3, 0.4) is 0 Å². The van der Waals surface area contributed by atoms with Crippen LogP contribution in [0.2, 0.25) is 5.02 Å².